The van der Waals surface area contributed by atoms with Gasteiger partial charge in [0.25, 0.3) is 0 Å². The maximum atomic E-state index is 5.79. The van der Waals surface area contributed by atoms with E-state index in [1.807, 2.05) is 0 Å². The van der Waals surface area contributed by atoms with E-state index in [0.29, 0.717) is 23.9 Å². The van der Waals surface area contributed by atoms with E-state index in [-0.39, 0.29) is 0 Å². The van der Waals surface area contributed by atoms with Gasteiger partial charge in [0.1, 0.15) is 12.0 Å². The Labute approximate surface area is 92.1 Å². The van der Waals surface area contributed by atoms with Crippen molar-refractivity contribution >= 4 is 11.5 Å². The van der Waals surface area contributed by atoms with Crippen molar-refractivity contribution in [1.82, 2.24) is 19.9 Å². The minimum absolute atomic E-state index is 0.363. The molecule has 0 fully saturated rings. The van der Waals surface area contributed by atoms with Gasteiger partial charge in [0.2, 0.25) is 5.88 Å². The largest absolute Gasteiger partial charge is 0.479 e. The zero-order valence-corrected chi connectivity index (χ0v) is 8.77. The van der Waals surface area contributed by atoms with Gasteiger partial charge in [0.15, 0.2) is 5.82 Å². The summed E-state index contributed by atoms with van der Waals surface area (Å²) in [5, 5.41) is 3.06. The molecule has 0 saturated heterocycles. The van der Waals surface area contributed by atoms with Crippen molar-refractivity contribution in [1.29, 1.82) is 0 Å². The summed E-state index contributed by atoms with van der Waals surface area (Å²) in [7, 11) is 1.51. The van der Waals surface area contributed by atoms with E-state index in [1.54, 1.807) is 12.5 Å². The number of nitrogens with one attached hydrogen (secondary N) is 2. The van der Waals surface area contributed by atoms with E-state index in [2.05, 4.69) is 25.3 Å². The first-order valence-electron chi connectivity index (χ1n) is 4.67. The number of aromatic amines is 1. The number of imidazole rings is 1. The lowest BCUT2D eigenvalue weighted by atomic mass is 10.4. The lowest BCUT2D eigenvalue weighted by molar-refractivity contribution is 0.399. The molecule has 0 aliphatic rings. The molecule has 0 bridgehead atoms. The molecular weight excluding hydrogens is 208 g/mol. The number of rotatable bonds is 4. The molecule has 2 rings (SSSR count). The highest BCUT2D eigenvalue weighted by atomic mass is 16.5. The van der Waals surface area contributed by atoms with E-state index in [1.165, 1.54) is 13.4 Å². The molecule has 2 aromatic rings. The fourth-order valence-corrected chi connectivity index (χ4v) is 1.24. The summed E-state index contributed by atoms with van der Waals surface area (Å²) in [6.45, 7) is 0.560. The lowest BCUT2D eigenvalue weighted by Crippen LogP contribution is -2.07. The molecule has 16 heavy (non-hydrogen) atoms. The lowest BCUT2D eigenvalue weighted by Gasteiger charge is -2.08. The van der Waals surface area contributed by atoms with E-state index in [0.717, 1.165) is 5.69 Å². The Morgan fingerprint density at radius 1 is 1.50 bits per heavy atom. The van der Waals surface area contributed by atoms with E-state index in [4.69, 9.17) is 10.5 Å². The van der Waals surface area contributed by atoms with Crippen LogP contribution in [0.1, 0.15) is 5.69 Å². The van der Waals surface area contributed by atoms with Crippen LogP contribution in [0.15, 0.2) is 18.9 Å². The summed E-state index contributed by atoms with van der Waals surface area (Å²) >= 11 is 0. The number of ether oxygens (including phenoxy) is 1. The SMILES string of the molecule is COc1ncnc(NCc2cnc[nH]2)c1N. The second-order valence-corrected chi connectivity index (χ2v) is 3.08. The van der Waals surface area contributed by atoms with Crippen molar-refractivity contribution in [2.24, 2.45) is 0 Å². The second kappa shape index (κ2) is 4.47. The molecule has 0 aliphatic carbocycles. The average molecular weight is 220 g/mol. The van der Waals surface area contributed by atoms with Crippen LogP contribution in [0.4, 0.5) is 11.5 Å². The van der Waals surface area contributed by atoms with Crippen LogP contribution in [0.5, 0.6) is 5.88 Å². The average Bonchev–Trinajstić information content (AvgIpc) is 2.81. The fourth-order valence-electron chi connectivity index (χ4n) is 1.24. The van der Waals surface area contributed by atoms with Crippen LogP contribution in [-0.4, -0.2) is 27.0 Å². The molecule has 7 nitrogen and oxygen atoms in total. The van der Waals surface area contributed by atoms with Gasteiger partial charge in [-0.3, -0.25) is 0 Å². The Bertz CT molecular complexity index is 455. The summed E-state index contributed by atoms with van der Waals surface area (Å²) in [6, 6.07) is 0. The Kier molecular flexibility index (Phi) is 2.86. The zero-order valence-electron chi connectivity index (χ0n) is 8.77. The Morgan fingerprint density at radius 3 is 3.06 bits per heavy atom. The highest BCUT2D eigenvalue weighted by Gasteiger charge is 2.07. The predicted octanol–water partition coefficient (Wildman–Crippen LogP) is 0.403. The third-order valence-electron chi connectivity index (χ3n) is 2.04. The molecule has 2 heterocycles. The first-order valence-corrected chi connectivity index (χ1v) is 4.67. The van der Waals surface area contributed by atoms with Gasteiger partial charge in [0, 0.05) is 6.20 Å². The number of anilines is 2. The topological polar surface area (TPSA) is 102 Å². The molecule has 0 amide bonds. The molecule has 0 radical (unpaired) electrons. The van der Waals surface area contributed by atoms with Crippen LogP contribution in [0, 0.1) is 0 Å². The molecule has 4 N–H and O–H groups in total. The minimum Gasteiger partial charge on any atom is -0.479 e. The van der Waals surface area contributed by atoms with Crippen LogP contribution >= 0.6 is 0 Å². The summed E-state index contributed by atoms with van der Waals surface area (Å²) in [5.74, 6) is 0.906. The van der Waals surface area contributed by atoms with Crippen molar-refractivity contribution in [2.75, 3.05) is 18.2 Å². The van der Waals surface area contributed by atoms with Crippen LogP contribution in [0.2, 0.25) is 0 Å². The van der Waals surface area contributed by atoms with Crippen molar-refractivity contribution in [3.05, 3.63) is 24.5 Å². The maximum Gasteiger partial charge on any atom is 0.242 e. The first-order chi connectivity index (χ1) is 7.81. The maximum absolute atomic E-state index is 5.79. The van der Waals surface area contributed by atoms with Gasteiger partial charge >= 0.3 is 0 Å². The standard InChI is InChI=1S/C9H12N6O/c1-16-9-7(10)8(14-5-15-9)12-3-6-2-11-4-13-6/h2,4-5H,3,10H2,1H3,(H,11,13)(H,12,14,15). The highest BCUT2D eigenvalue weighted by molar-refractivity contribution is 5.66. The number of nitrogens with zero attached hydrogens (tertiary/aromatic N) is 3. The van der Waals surface area contributed by atoms with E-state index in [9.17, 15) is 0 Å². The number of H-pyrrole nitrogens is 1. The van der Waals surface area contributed by atoms with Crippen LogP contribution in [0.25, 0.3) is 0 Å². The molecule has 0 aliphatic heterocycles. The first kappa shape index (κ1) is 10.2. The number of hydrogen-bond acceptors (Lipinski definition) is 6. The van der Waals surface area contributed by atoms with Gasteiger partial charge in [-0.15, -0.1) is 0 Å². The van der Waals surface area contributed by atoms with Gasteiger partial charge in [-0.2, -0.15) is 4.98 Å². The monoisotopic (exact) mass is 220 g/mol. The van der Waals surface area contributed by atoms with Crippen LogP contribution < -0.4 is 15.8 Å². The summed E-state index contributed by atoms with van der Waals surface area (Å²) in [6.07, 6.45) is 4.73. The van der Waals surface area contributed by atoms with Crippen molar-refractivity contribution < 1.29 is 4.74 Å². The molecule has 84 valence electrons. The molecule has 0 atom stereocenters. The molecular formula is C9H12N6O. The highest BCUT2D eigenvalue weighted by Crippen LogP contribution is 2.23. The van der Waals surface area contributed by atoms with Crippen LogP contribution in [0.3, 0.4) is 0 Å². The number of aromatic nitrogens is 4. The Balaban J connectivity index is 2.09. The molecule has 0 saturated carbocycles. The minimum atomic E-state index is 0.363. The van der Waals surface area contributed by atoms with Crippen molar-refractivity contribution in [3.63, 3.8) is 0 Å². The summed E-state index contributed by atoms with van der Waals surface area (Å²) in [5.41, 5.74) is 7.13. The number of hydrogen-bond donors (Lipinski definition) is 3. The van der Waals surface area contributed by atoms with E-state index >= 15 is 0 Å². The normalized spacial score (nSPS) is 10.1. The molecule has 0 aromatic carbocycles. The van der Waals surface area contributed by atoms with Gasteiger partial charge in [0.05, 0.1) is 25.7 Å². The number of nitrogen functional groups attached to an aromatic ring is 1. The smallest absolute Gasteiger partial charge is 0.242 e. The number of nitrogens with two attached hydrogens (primary N) is 1. The Hall–Kier alpha value is -2.31. The van der Waals surface area contributed by atoms with Crippen molar-refractivity contribution in [3.8, 4) is 5.88 Å². The third kappa shape index (κ3) is 2.02. The second-order valence-electron chi connectivity index (χ2n) is 3.08. The van der Waals surface area contributed by atoms with Gasteiger partial charge in [-0.05, 0) is 0 Å². The van der Waals surface area contributed by atoms with Crippen molar-refractivity contribution in [2.45, 2.75) is 6.54 Å². The van der Waals surface area contributed by atoms with Gasteiger partial charge < -0.3 is 20.8 Å². The third-order valence-corrected chi connectivity index (χ3v) is 2.04. The van der Waals surface area contributed by atoms with Gasteiger partial charge in [-0.25, -0.2) is 9.97 Å². The molecule has 2 aromatic heterocycles. The predicted molar refractivity (Wildman–Crippen MR) is 58.9 cm³/mol. The van der Waals surface area contributed by atoms with E-state index < -0.39 is 0 Å². The molecule has 0 unspecified atom stereocenters. The molecule has 0 spiro atoms. The Morgan fingerprint density at radius 2 is 2.38 bits per heavy atom. The molecule has 7 heteroatoms. The zero-order chi connectivity index (χ0) is 11.4. The fraction of sp³-hybridized carbons (Fsp3) is 0.222. The van der Waals surface area contributed by atoms with Gasteiger partial charge in [-0.1, -0.05) is 0 Å². The number of methoxy groups -OCH3 is 1. The summed E-state index contributed by atoms with van der Waals surface area (Å²) in [4.78, 5) is 14.8. The quantitative estimate of drug-likeness (QED) is 0.689. The van der Waals surface area contributed by atoms with Crippen LogP contribution in [-0.2, 0) is 6.54 Å². The summed E-state index contributed by atoms with van der Waals surface area (Å²) < 4.78 is 4.99.